The molecule has 7 heteroatoms. The molecule has 0 bridgehead atoms. The third-order valence-corrected chi connectivity index (χ3v) is 4.59. The predicted molar refractivity (Wildman–Crippen MR) is 108 cm³/mol. The van der Waals surface area contributed by atoms with Crippen molar-refractivity contribution in [3.05, 3.63) is 65.0 Å². The number of hydrogen-bond donors (Lipinski definition) is 4. The van der Waals surface area contributed by atoms with E-state index in [0.717, 1.165) is 22.2 Å². The second-order valence-corrected chi connectivity index (χ2v) is 6.47. The van der Waals surface area contributed by atoms with Gasteiger partial charge in [-0.05, 0) is 40.2 Å². The molecule has 1 aromatic carbocycles. The van der Waals surface area contributed by atoms with Crippen molar-refractivity contribution in [3.8, 4) is 11.3 Å². The number of rotatable bonds is 6. The van der Waals surface area contributed by atoms with Crippen molar-refractivity contribution in [1.29, 1.82) is 5.41 Å². The van der Waals surface area contributed by atoms with Crippen LogP contribution in [-0.2, 0) is 0 Å². The Kier molecular flexibility index (Phi) is 5.48. The Labute approximate surface area is 159 Å². The quantitative estimate of drug-likeness (QED) is 0.468. The largest absolute Gasteiger partial charge is 0.393 e. The van der Waals surface area contributed by atoms with Crippen molar-refractivity contribution in [2.24, 2.45) is 0 Å². The second-order valence-electron chi connectivity index (χ2n) is 5.62. The summed E-state index contributed by atoms with van der Waals surface area (Å²) < 4.78 is 0.598. The molecular formula is C19H18BrN5O. The van der Waals surface area contributed by atoms with Crippen LogP contribution in [0.3, 0.4) is 0 Å². The molecule has 0 radical (unpaired) electrons. The standard InChI is InChI=1S/C19H18BrN5O/c1-22-10-15(20)16(21)11-25-19(26)13-4-2-12(3-5-13)18-14-6-8-23-17(14)7-9-24-18/h2-10,21-23H,11H2,1H3,(H,25,26)/b15-10+,21-16?. The normalized spacial score (nSPS) is 11.4. The van der Waals surface area contributed by atoms with Gasteiger partial charge in [0.05, 0.1) is 22.4 Å². The molecule has 2 heterocycles. The maximum Gasteiger partial charge on any atom is 0.251 e. The Morgan fingerprint density at radius 2 is 2.04 bits per heavy atom. The van der Waals surface area contributed by atoms with Crippen molar-refractivity contribution in [2.45, 2.75) is 0 Å². The van der Waals surface area contributed by atoms with Gasteiger partial charge in [-0.25, -0.2) is 0 Å². The van der Waals surface area contributed by atoms with Gasteiger partial charge >= 0.3 is 0 Å². The number of nitrogens with one attached hydrogen (secondary N) is 4. The summed E-state index contributed by atoms with van der Waals surface area (Å²) in [5.41, 5.74) is 3.66. The Morgan fingerprint density at radius 1 is 1.27 bits per heavy atom. The summed E-state index contributed by atoms with van der Waals surface area (Å²) in [6, 6.07) is 11.2. The predicted octanol–water partition coefficient (Wildman–Crippen LogP) is 3.44. The van der Waals surface area contributed by atoms with Gasteiger partial charge < -0.3 is 21.0 Å². The van der Waals surface area contributed by atoms with Crippen molar-refractivity contribution in [3.63, 3.8) is 0 Å². The molecule has 0 aliphatic rings. The second kappa shape index (κ2) is 7.97. The Bertz CT molecular complexity index is 975. The van der Waals surface area contributed by atoms with Gasteiger partial charge in [0.1, 0.15) is 0 Å². The van der Waals surface area contributed by atoms with E-state index in [2.05, 4.69) is 36.5 Å². The van der Waals surface area contributed by atoms with Crippen molar-refractivity contribution < 1.29 is 4.79 Å². The fraction of sp³-hybridized carbons (Fsp3) is 0.105. The molecule has 4 N–H and O–H groups in total. The number of carbonyl (C=O) groups excluding carboxylic acids is 1. The molecule has 132 valence electrons. The molecule has 3 rings (SSSR count). The Hall–Kier alpha value is -2.93. The molecule has 0 aliphatic heterocycles. The molecule has 0 saturated carbocycles. The van der Waals surface area contributed by atoms with Gasteiger partial charge in [-0.3, -0.25) is 9.78 Å². The summed E-state index contributed by atoms with van der Waals surface area (Å²) in [7, 11) is 1.75. The fourth-order valence-electron chi connectivity index (χ4n) is 2.56. The zero-order valence-electron chi connectivity index (χ0n) is 14.1. The fourth-order valence-corrected chi connectivity index (χ4v) is 2.93. The van der Waals surface area contributed by atoms with Crippen LogP contribution >= 0.6 is 15.9 Å². The number of benzene rings is 1. The van der Waals surface area contributed by atoms with Crippen molar-refractivity contribution >= 4 is 38.5 Å². The van der Waals surface area contributed by atoms with Crippen molar-refractivity contribution in [1.82, 2.24) is 20.6 Å². The summed E-state index contributed by atoms with van der Waals surface area (Å²) in [5.74, 6) is -0.223. The highest BCUT2D eigenvalue weighted by atomic mass is 79.9. The van der Waals surface area contributed by atoms with Gasteiger partial charge in [0.15, 0.2) is 0 Å². The first-order valence-electron chi connectivity index (χ1n) is 8.01. The molecule has 0 unspecified atom stereocenters. The number of H-pyrrole nitrogens is 1. The van der Waals surface area contributed by atoms with Crippen LogP contribution < -0.4 is 10.6 Å². The molecule has 26 heavy (non-hydrogen) atoms. The zero-order valence-corrected chi connectivity index (χ0v) is 15.7. The van der Waals surface area contributed by atoms with E-state index in [4.69, 9.17) is 5.41 Å². The van der Waals surface area contributed by atoms with Crippen LogP contribution in [-0.4, -0.2) is 35.2 Å². The molecule has 3 aromatic rings. The van der Waals surface area contributed by atoms with Gasteiger partial charge in [0.25, 0.3) is 5.91 Å². The van der Waals surface area contributed by atoms with E-state index >= 15 is 0 Å². The van der Waals surface area contributed by atoms with E-state index in [1.807, 2.05) is 30.5 Å². The van der Waals surface area contributed by atoms with E-state index in [9.17, 15) is 4.79 Å². The van der Waals surface area contributed by atoms with Crippen LogP contribution in [0.5, 0.6) is 0 Å². The maximum absolute atomic E-state index is 12.3. The highest BCUT2D eigenvalue weighted by molar-refractivity contribution is 9.12. The summed E-state index contributed by atoms with van der Waals surface area (Å²) in [4.78, 5) is 19.9. The molecule has 0 atom stereocenters. The average molecular weight is 412 g/mol. The van der Waals surface area contributed by atoms with Crippen LogP contribution in [0.25, 0.3) is 22.2 Å². The molecule has 6 nitrogen and oxygen atoms in total. The number of aromatic amines is 1. The summed E-state index contributed by atoms with van der Waals surface area (Å²) in [6.07, 6.45) is 5.29. The number of pyridine rings is 1. The lowest BCUT2D eigenvalue weighted by atomic mass is 10.1. The monoisotopic (exact) mass is 411 g/mol. The summed E-state index contributed by atoms with van der Waals surface area (Å²) >= 11 is 3.27. The lowest BCUT2D eigenvalue weighted by Gasteiger charge is -2.08. The topological polar surface area (TPSA) is 93.7 Å². The van der Waals surface area contributed by atoms with Crippen LogP contribution in [0.4, 0.5) is 0 Å². The first-order valence-corrected chi connectivity index (χ1v) is 8.81. The summed E-state index contributed by atoms with van der Waals surface area (Å²) in [5, 5.41) is 14.5. The SMILES string of the molecule is CN/C=C(/Br)C(=N)CNC(=O)c1ccc(-c2nccc3[nH]ccc23)cc1. The van der Waals surface area contributed by atoms with Crippen LogP contribution in [0, 0.1) is 5.41 Å². The number of halogens is 1. The van der Waals surface area contributed by atoms with E-state index < -0.39 is 0 Å². The molecule has 0 saturated heterocycles. The molecule has 0 aliphatic carbocycles. The smallest absolute Gasteiger partial charge is 0.251 e. The highest BCUT2D eigenvalue weighted by Gasteiger charge is 2.10. The number of nitrogens with zero attached hydrogens (tertiary/aromatic N) is 1. The first kappa shape index (κ1) is 17.9. The van der Waals surface area contributed by atoms with Crippen molar-refractivity contribution in [2.75, 3.05) is 13.6 Å². The number of aromatic nitrogens is 2. The van der Waals surface area contributed by atoms with Gasteiger partial charge in [-0.1, -0.05) is 12.1 Å². The lowest BCUT2D eigenvalue weighted by Crippen LogP contribution is -2.29. The maximum atomic E-state index is 12.3. The Morgan fingerprint density at radius 3 is 2.77 bits per heavy atom. The van der Waals surface area contributed by atoms with Gasteiger partial charge in [0, 0.05) is 47.7 Å². The summed E-state index contributed by atoms with van der Waals surface area (Å²) in [6.45, 7) is 0.142. The third kappa shape index (κ3) is 3.83. The minimum atomic E-state index is -0.223. The number of hydrogen-bond acceptors (Lipinski definition) is 4. The number of amides is 1. The van der Waals surface area contributed by atoms with Crippen LogP contribution in [0.15, 0.2) is 59.5 Å². The van der Waals surface area contributed by atoms with E-state index in [-0.39, 0.29) is 18.2 Å². The average Bonchev–Trinajstić information content (AvgIpc) is 3.15. The molecule has 2 aromatic heterocycles. The van der Waals surface area contributed by atoms with E-state index in [1.54, 1.807) is 31.6 Å². The molecule has 1 amide bonds. The molecule has 0 fully saturated rings. The zero-order chi connectivity index (χ0) is 18.5. The Balaban J connectivity index is 1.71. The van der Waals surface area contributed by atoms with Gasteiger partial charge in [-0.2, -0.15) is 0 Å². The lowest BCUT2D eigenvalue weighted by molar-refractivity contribution is 0.0959. The number of fused-ring (bicyclic) bond motifs is 1. The van der Waals surface area contributed by atoms with E-state index in [1.165, 1.54) is 0 Å². The van der Waals surface area contributed by atoms with E-state index in [0.29, 0.717) is 10.0 Å². The minimum absolute atomic E-state index is 0.142. The highest BCUT2D eigenvalue weighted by Crippen LogP contribution is 2.25. The van der Waals surface area contributed by atoms with Gasteiger partial charge in [-0.15, -0.1) is 0 Å². The molecular weight excluding hydrogens is 394 g/mol. The first-order chi connectivity index (χ1) is 12.6. The molecule has 0 spiro atoms. The van der Waals surface area contributed by atoms with Crippen LogP contribution in [0.1, 0.15) is 10.4 Å². The number of carbonyl (C=O) groups is 1. The minimum Gasteiger partial charge on any atom is -0.393 e. The van der Waals surface area contributed by atoms with Gasteiger partial charge in [0.2, 0.25) is 0 Å². The van der Waals surface area contributed by atoms with Crippen LogP contribution in [0.2, 0.25) is 0 Å². The third-order valence-electron chi connectivity index (χ3n) is 3.88.